The van der Waals surface area contributed by atoms with Gasteiger partial charge in [0.05, 0.1) is 19.1 Å². The number of nitrogens with zero attached hydrogens (tertiary/aromatic N) is 4. The van der Waals surface area contributed by atoms with Crippen LogP contribution in [0.3, 0.4) is 0 Å². The van der Waals surface area contributed by atoms with Crippen LogP contribution in [0.1, 0.15) is 18.1 Å². The third-order valence-electron chi connectivity index (χ3n) is 7.68. The molecular formula is C27H34N4O3. The van der Waals surface area contributed by atoms with E-state index in [0.29, 0.717) is 26.2 Å². The van der Waals surface area contributed by atoms with E-state index < -0.39 is 0 Å². The molecule has 5 rings (SSSR count). The second-order valence-electron chi connectivity index (χ2n) is 9.68. The Hall–Kier alpha value is -3.22. The molecule has 7 nitrogen and oxygen atoms in total. The van der Waals surface area contributed by atoms with E-state index in [9.17, 15) is 9.59 Å². The van der Waals surface area contributed by atoms with Gasteiger partial charge in [-0.1, -0.05) is 23.8 Å². The number of amides is 2. The van der Waals surface area contributed by atoms with E-state index in [0.717, 1.165) is 31.8 Å². The average molecular weight is 463 g/mol. The van der Waals surface area contributed by atoms with Crippen molar-refractivity contribution < 1.29 is 14.3 Å². The number of benzene rings is 2. The van der Waals surface area contributed by atoms with Crippen LogP contribution in [0.5, 0.6) is 5.75 Å². The lowest BCUT2D eigenvalue weighted by Crippen LogP contribution is -2.62. The van der Waals surface area contributed by atoms with Crippen molar-refractivity contribution in [3.8, 4) is 5.75 Å². The van der Waals surface area contributed by atoms with Crippen LogP contribution in [0.4, 0.5) is 11.4 Å². The second kappa shape index (κ2) is 9.20. The molecule has 0 N–H and O–H groups in total. The lowest BCUT2D eigenvalue weighted by molar-refractivity contribution is -0.142. The molecule has 3 heterocycles. The maximum atomic E-state index is 13.9. The third kappa shape index (κ3) is 4.19. The Kier molecular flexibility index (Phi) is 6.11. The summed E-state index contributed by atoms with van der Waals surface area (Å²) >= 11 is 0. The first kappa shape index (κ1) is 22.6. The fourth-order valence-electron chi connectivity index (χ4n) is 5.66. The first-order chi connectivity index (χ1) is 16.4. The zero-order valence-corrected chi connectivity index (χ0v) is 20.4. The molecule has 180 valence electrons. The largest absolute Gasteiger partial charge is 0.497 e. The summed E-state index contributed by atoms with van der Waals surface area (Å²) in [5.74, 6) is 1.03. The molecule has 0 radical (unpaired) electrons. The summed E-state index contributed by atoms with van der Waals surface area (Å²) in [6.07, 6.45) is 0.730. The predicted molar refractivity (Wildman–Crippen MR) is 134 cm³/mol. The SMILES string of the molecule is COc1ccc2c(c1)N1CCN(c3ccc(C)cc3)C[C@H]1[C@H](C(=O)N1CCN(C(C)=O)CC1)C2. The summed E-state index contributed by atoms with van der Waals surface area (Å²) < 4.78 is 5.52. The zero-order valence-electron chi connectivity index (χ0n) is 20.4. The minimum absolute atomic E-state index is 0.0832. The van der Waals surface area contributed by atoms with E-state index >= 15 is 0 Å². The quantitative estimate of drug-likeness (QED) is 0.702. The highest BCUT2D eigenvalue weighted by atomic mass is 16.5. The Balaban J connectivity index is 1.43. The molecule has 0 unspecified atom stereocenters. The van der Waals surface area contributed by atoms with Gasteiger partial charge in [-0.3, -0.25) is 9.59 Å². The molecule has 3 aliphatic heterocycles. The molecule has 3 aliphatic rings. The highest BCUT2D eigenvalue weighted by Gasteiger charge is 2.43. The number of ether oxygens (including phenoxy) is 1. The molecule has 2 aromatic carbocycles. The van der Waals surface area contributed by atoms with Crippen LogP contribution in [-0.4, -0.2) is 80.6 Å². The van der Waals surface area contributed by atoms with E-state index in [1.165, 1.54) is 22.5 Å². The van der Waals surface area contributed by atoms with Gasteiger partial charge >= 0.3 is 0 Å². The zero-order chi connectivity index (χ0) is 23.8. The Morgan fingerprint density at radius 3 is 2.29 bits per heavy atom. The van der Waals surface area contributed by atoms with E-state index in [4.69, 9.17) is 4.74 Å². The molecule has 7 heteroatoms. The number of rotatable bonds is 3. The number of carbonyl (C=O) groups excluding carboxylic acids is 2. The molecule has 0 aromatic heterocycles. The van der Waals surface area contributed by atoms with Crippen molar-refractivity contribution in [1.82, 2.24) is 9.80 Å². The summed E-state index contributed by atoms with van der Waals surface area (Å²) in [5, 5.41) is 0. The number of hydrogen-bond donors (Lipinski definition) is 0. The second-order valence-corrected chi connectivity index (χ2v) is 9.68. The van der Waals surface area contributed by atoms with Crippen LogP contribution in [0.25, 0.3) is 0 Å². The van der Waals surface area contributed by atoms with Crippen LogP contribution in [0.15, 0.2) is 42.5 Å². The average Bonchev–Trinajstić information content (AvgIpc) is 2.87. The summed E-state index contributed by atoms with van der Waals surface area (Å²) in [4.78, 5) is 34.3. The first-order valence-corrected chi connectivity index (χ1v) is 12.2. The van der Waals surface area contributed by atoms with E-state index in [-0.39, 0.29) is 23.8 Å². The van der Waals surface area contributed by atoms with Crippen LogP contribution in [0, 0.1) is 12.8 Å². The van der Waals surface area contributed by atoms with Crippen LogP contribution >= 0.6 is 0 Å². The number of fused-ring (bicyclic) bond motifs is 3. The molecule has 0 aliphatic carbocycles. The fourth-order valence-corrected chi connectivity index (χ4v) is 5.66. The van der Waals surface area contributed by atoms with Crippen molar-refractivity contribution in [3.63, 3.8) is 0 Å². The van der Waals surface area contributed by atoms with Gasteiger partial charge in [-0.15, -0.1) is 0 Å². The number of methoxy groups -OCH3 is 1. The van der Waals surface area contributed by atoms with E-state index in [2.05, 4.69) is 53.1 Å². The van der Waals surface area contributed by atoms with Crippen molar-refractivity contribution in [3.05, 3.63) is 53.6 Å². The van der Waals surface area contributed by atoms with Crippen molar-refractivity contribution in [2.24, 2.45) is 5.92 Å². The first-order valence-electron chi connectivity index (χ1n) is 12.2. The lowest BCUT2D eigenvalue weighted by Gasteiger charge is -2.50. The molecule has 0 saturated carbocycles. The predicted octanol–water partition coefficient (Wildman–Crippen LogP) is 2.56. The van der Waals surface area contributed by atoms with Crippen LogP contribution in [0.2, 0.25) is 0 Å². The van der Waals surface area contributed by atoms with Gasteiger partial charge in [0.1, 0.15) is 5.75 Å². The molecular weight excluding hydrogens is 428 g/mol. The van der Waals surface area contributed by atoms with Crippen LogP contribution < -0.4 is 14.5 Å². The van der Waals surface area contributed by atoms with E-state index in [1.54, 1.807) is 14.0 Å². The minimum atomic E-state index is -0.113. The molecule has 2 amide bonds. The van der Waals surface area contributed by atoms with Gasteiger partial charge in [0, 0.05) is 70.2 Å². The Morgan fingerprint density at radius 2 is 1.62 bits per heavy atom. The van der Waals surface area contributed by atoms with Gasteiger partial charge in [0.2, 0.25) is 11.8 Å². The summed E-state index contributed by atoms with van der Waals surface area (Å²) in [6.45, 7) is 8.74. The highest BCUT2D eigenvalue weighted by Crippen LogP contribution is 2.39. The maximum Gasteiger partial charge on any atom is 0.228 e. The Labute approximate surface area is 201 Å². The van der Waals surface area contributed by atoms with E-state index in [1.807, 2.05) is 15.9 Å². The van der Waals surface area contributed by atoms with Gasteiger partial charge in [-0.2, -0.15) is 0 Å². The standard InChI is InChI=1S/C27H34N4O3/c1-19-4-7-22(8-5-19)30-14-15-31-25-17-23(34-3)9-6-21(25)16-24(26(31)18-30)27(33)29-12-10-28(11-13-29)20(2)32/h4-9,17,24,26H,10-16,18H2,1-3H3/t24-,26+/m1/s1. The van der Waals surface area contributed by atoms with Gasteiger partial charge in [-0.25, -0.2) is 0 Å². The molecule has 34 heavy (non-hydrogen) atoms. The van der Waals surface area contributed by atoms with Crippen molar-refractivity contribution in [2.75, 3.05) is 62.7 Å². The van der Waals surface area contributed by atoms with Crippen molar-refractivity contribution >= 4 is 23.2 Å². The number of hydrogen-bond acceptors (Lipinski definition) is 5. The number of carbonyl (C=O) groups is 2. The highest BCUT2D eigenvalue weighted by molar-refractivity contribution is 5.83. The van der Waals surface area contributed by atoms with Crippen LogP contribution in [-0.2, 0) is 16.0 Å². The topological polar surface area (TPSA) is 56.3 Å². The summed E-state index contributed by atoms with van der Waals surface area (Å²) in [6, 6.07) is 15.0. The van der Waals surface area contributed by atoms with Crippen molar-refractivity contribution in [2.45, 2.75) is 26.3 Å². The molecule has 2 atom stereocenters. The van der Waals surface area contributed by atoms with Gasteiger partial charge in [-0.05, 0) is 37.1 Å². The number of piperazine rings is 2. The third-order valence-corrected chi connectivity index (χ3v) is 7.68. The van der Waals surface area contributed by atoms with Crippen molar-refractivity contribution in [1.29, 1.82) is 0 Å². The molecule has 2 saturated heterocycles. The maximum absolute atomic E-state index is 13.9. The summed E-state index contributed by atoms with van der Waals surface area (Å²) in [5.41, 5.74) is 4.86. The molecule has 0 bridgehead atoms. The molecule has 0 spiro atoms. The van der Waals surface area contributed by atoms with Gasteiger partial charge in [0.25, 0.3) is 0 Å². The number of anilines is 2. The normalized spacial score (nSPS) is 22.2. The van der Waals surface area contributed by atoms with Gasteiger partial charge in [0.15, 0.2) is 0 Å². The fraction of sp³-hybridized carbons (Fsp3) is 0.481. The molecule has 2 fully saturated rings. The van der Waals surface area contributed by atoms with Gasteiger partial charge < -0.3 is 24.3 Å². The minimum Gasteiger partial charge on any atom is -0.497 e. The monoisotopic (exact) mass is 462 g/mol. The Bertz CT molecular complexity index is 1060. The summed E-state index contributed by atoms with van der Waals surface area (Å²) in [7, 11) is 1.70. The Morgan fingerprint density at radius 1 is 0.912 bits per heavy atom. The molecule has 2 aromatic rings. The lowest BCUT2D eigenvalue weighted by atomic mass is 9.82. The number of aryl methyl sites for hydroxylation is 1. The smallest absolute Gasteiger partial charge is 0.228 e.